The fraction of sp³-hybridized carbons (Fsp3) is 0.0833. The molecule has 0 aliphatic carbocycles. The highest BCUT2D eigenvalue weighted by atomic mass is 16.5. The summed E-state index contributed by atoms with van der Waals surface area (Å²) in [6.07, 6.45) is 5.79. The molecule has 83 valence electrons. The first-order chi connectivity index (χ1) is 8.43. The highest BCUT2D eigenvalue weighted by molar-refractivity contribution is 5.78. The Morgan fingerprint density at radius 1 is 1.18 bits per heavy atom. The number of hydrogen-bond acceptors (Lipinski definition) is 5. The van der Waals surface area contributed by atoms with Crippen molar-refractivity contribution in [2.75, 3.05) is 0 Å². The van der Waals surface area contributed by atoms with E-state index in [-0.39, 0.29) is 0 Å². The summed E-state index contributed by atoms with van der Waals surface area (Å²) in [4.78, 5) is 12.1. The van der Waals surface area contributed by atoms with E-state index in [0.717, 1.165) is 0 Å². The summed E-state index contributed by atoms with van der Waals surface area (Å²) >= 11 is 0. The van der Waals surface area contributed by atoms with Crippen molar-refractivity contribution < 1.29 is 9.15 Å². The van der Waals surface area contributed by atoms with Crippen LogP contribution in [0.3, 0.4) is 0 Å². The van der Waals surface area contributed by atoms with Crippen LogP contribution in [0.25, 0.3) is 11.1 Å². The Hall–Kier alpha value is -2.43. The molecular weight excluding hydrogens is 218 g/mol. The van der Waals surface area contributed by atoms with Crippen molar-refractivity contribution in [3.63, 3.8) is 0 Å². The van der Waals surface area contributed by atoms with Crippen LogP contribution in [0.15, 0.2) is 41.1 Å². The molecule has 0 N–H and O–H groups in total. The molecule has 0 atom stereocenters. The molecule has 0 unspecified atom stereocenters. The number of ether oxygens (including phenoxy) is 1. The lowest BCUT2D eigenvalue weighted by molar-refractivity contribution is 0.299. The van der Waals surface area contributed by atoms with E-state index in [0.29, 0.717) is 29.3 Å². The molecule has 1 aromatic carbocycles. The van der Waals surface area contributed by atoms with Crippen LogP contribution < -0.4 is 4.74 Å². The summed E-state index contributed by atoms with van der Waals surface area (Å²) in [5.74, 6) is 1.26. The monoisotopic (exact) mass is 226 g/mol. The second kappa shape index (κ2) is 4.21. The molecule has 0 bridgehead atoms. The lowest BCUT2D eigenvalue weighted by Crippen LogP contribution is -2.00. The predicted octanol–water partition coefficient (Wildman–Crippen LogP) is 2.00. The lowest BCUT2D eigenvalue weighted by Gasteiger charge is -2.04. The number of nitrogens with zero attached hydrogens (tertiary/aromatic N) is 3. The zero-order valence-electron chi connectivity index (χ0n) is 8.83. The third-order valence-electron chi connectivity index (χ3n) is 2.25. The minimum atomic E-state index is 0.298. The Labute approximate surface area is 97.1 Å². The van der Waals surface area contributed by atoms with Crippen LogP contribution in [-0.4, -0.2) is 15.0 Å². The van der Waals surface area contributed by atoms with Crippen LogP contribution in [0.1, 0.15) is 5.82 Å². The summed E-state index contributed by atoms with van der Waals surface area (Å²) in [5, 5.41) is 0. The van der Waals surface area contributed by atoms with E-state index in [4.69, 9.17) is 9.15 Å². The molecule has 0 fully saturated rings. The van der Waals surface area contributed by atoms with Crippen molar-refractivity contribution in [3.05, 3.63) is 48.9 Å². The molecule has 2 aromatic heterocycles. The average molecular weight is 226 g/mol. The lowest BCUT2D eigenvalue weighted by atomic mass is 10.3. The minimum Gasteiger partial charge on any atom is -0.483 e. The van der Waals surface area contributed by atoms with Gasteiger partial charge in [0.15, 0.2) is 16.9 Å². The van der Waals surface area contributed by atoms with Crippen LogP contribution in [0.5, 0.6) is 5.75 Å². The fourth-order valence-corrected chi connectivity index (χ4v) is 1.48. The predicted molar refractivity (Wildman–Crippen MR) is 59.2 cm³/mol. The average Bonchev–Trinajstić information content (AvgIpc) is 2.86. The van der Waals surface area contributed by atoms with Gasteiger partial charge in [0.1, 0.15) is 12.4 Å². The van der Waals surface area contributed by atoms with E-state index in [2.05, 4.69) is 21.3 Å². The molecule has 3 rings (SSSR count). The van der Waals surface area contributed by atoms with Crippen molar-refractivity contribution in [1.29, 1.82) is 0 Å². The first-order valence-electron chi connectivity index (χ1n) is 5.08. The highest BCUT2D eigenvalue weighted by Crippen LogP contribution is 2.23. The van der Waals surface area contributed by atoms with Gasteiger partial charge in [-0.1, -0.05) is 6.07 Å². The van der Waals surface area contributed by atoms with Crippen LogP contribution in [0, 0.1) is 6.39 Å². The van der Waals surface area contributed by atoms with Gasteiger partial charge in [-0.05, 0) is 18.2 Å². The summed E-state index contributed by atoms with van der Waals surface area (Å²) in [5.41, 5.74) is 1.31. The largest absolute Gasteiger partial charge is 0.483 e. The van der Waals surface area contributed by atoms with Gasteiger partial charge in [-0.3, -0.25) is 0 Å². The summed E-state index contributed by atoms with van der Waals surface area (Å²) in [7, 11) is 0. The molecule has 0 spiro atoms. The van der Waals surface area contributed by atoms with E-state index in [9.17, 15) is 0 Å². The molecule has 17 heavy (non-hydrogen) atoms. The first-order valence-corrected chi connectivity index (χ1v) is 5.08. The summed E-state index contributed by atoms with van der Waals surface area (Å²) in [6, 6.07) is 7.23. The van der Waals surface area contributed by atoms with Gasteiger partial charge in [0.05, 0.1) is 0 Å². The molecule has 5 heteroatoms. The van der Waals surface area contributed by atoms with Gasteiger partial charge in [0.2, 0.25) is 0 Å². The van der Waals surface area contributed by atoms with Gasteiger partial charge < -0.3 is 9.15 Å². The molecule has 0 amide bonds. The van der Waals surface area contributed by atoms with Gasteiger partial charge in [0.25, 0.3) is 6.39 Å². The van der Waals surface area contributed by atoms with E-state index in [1.807, 2.05) is 18.2 Å². The van der Waals surface area contributed by atoms with Crippen molar-refractivity contribution in [1.82, 2.24) is 15.0 Å². The molecule has 2 heterocycles. The van der Waals surface area contributed by atoms with Crippen LogP contribution in [0.2, 0.25) is 0 Å². The van der Waals surface area contributed by atoms with Crippen molar-refractivity contribution in [3.8, 4) is 5.75 Å². The summed E-state index contributed by atoms with van der Waals surface area (Å²) in [6.45, 7) is 0.298. The summed E-state index contributed by atoms with van der Waals surface area (Å²) < 4.78 is 10.7. The SMILES string of the molecule is [c]1nc2c(OCc3ncccn3)cccc2o1. The van der Waals surface area contributed by atoms with Gasteiger partial charge in [-0.15, -0.1) is 0 Å². The van der Waals surface area contributed by atoms with E-state index in [1.165, 1.54) is 0 Å². The Morgan fingerprint density at radius 2 is 2.06 bits per heavy atom. The molecule has 0 saturated heterocycles. The van der Waals surface area contributed by atoms with Gasteiger partial charge in [-0.25, -0.2) is 15.0 Å². The quantitative estimate of drug-likeness (QED) is 0.683. The number of aromatic nitrogens is 3. The normalized spacial score (nSPS) is 10.6. The molecule has 5 nitrogen and oxygen atoms in total. The zero-order chi connectivity index (χ0) is 11.5. The Morgan fingerprint density at radius 3 is 2.94 bits per heavy atom. The van der Waals surface area contributed by atoms with Crippen molar-refractivity contribution in [2.45, 2.75) is 6.61 Å². The second-order valence-electron chi connectivity index (χ2n) is 3.36. The standard InChI is InChI=1S/C12H8N3O2/c1-3-9(12-10(4-1)17-8-15-12)16-7-11-13-5-2-6-14-11/h1-6H,7H2. The zero-order valence-corrected chi connectivity index (χ0v) is 8.83. The topological polar surface area (TPSA) is 61.0 Å². The van der Waals surface area contributed by atoms with Gasteiger partial charge >= 0.3 is 0 Å². The molecule has 0 aliphatic heterocycles. The second-order valence-corrected chi connectivity index (χ2v) is 3.36. The number of oxazole rings is 1. The molecule has 0 saturated carbocycles. The number of rotatable bonds is 3. The smallest absolute Gasteiger partial charge is 0.284 e. The van der Waals surface area contributed by atoms with E-state index in [1.54, 1.807) is 18.5 Å². The highest BCUT2D eigenvalue weighted by Gasteiger charge is 2.06. The maximum absolute atomic E-state index is 5.60. The number of hydrogen-bond donors (Lipinski definition) is 0. The van der Waals surface area contributed by atoms with Gasteiger partial charge in [0, 0.05) is 12.4 Å². The van der Waals surface area contributed by atoms with Crippen LogP contribution in [0.4, 0.5) is 0 Å². The Kier molecular flexibility index (Phi) is 2.42. The Balaban J connectivity index is 1.84. The van der Waals surface area contributed by atoms with Gasteiger partial charge in [-0.2, -0.15) is 0 Å². The van der Waals surface area contributed by atoms with E-state index >= 15 is 0 Å². The maximum Gasteiger partial charge on any atom is 0.284 e. The third kappa shape index (κ3) is 1.94. The third-order valence-corrected chi connectivity index (χ3v) is 2.25. The number of para-hydroxylation sites is 1. The fourth-order valence-electron chi connectivity index (χ4n) is 1.48. The van der Waals surface area contributed by atoms with E-state index < -0.39 is 0 Å². The molecule has 1 radical (unpaired) electrons. The minimum absolute atomic E-state index is 0.298. The molecule has 0 aliphatic rings. The van der Waals surface area contributed by atoms with Crippen LogP contribution >= 0.6 is 0 Å². The molecule has 3 aromatic rings. The van der Waals surface area contributed by atoms with Crippen molar-refractivity contribution >= 4 is 11.1 Å². The maximum atomic E-state index is 5.60. The Bertz CT molecular complexity index is 622. The number of fused-ring (bicyclic) bond motifs is 1. The molecular formula is C12H8N3O2. The van der Waals surface area contributed by atoms with Crippen molar-refractivity contribution in [2.24, 2.45) is 0 Å². The van der Waals surface area contributed by atoms with Crippen LogP contribution in [-0.2, 0) is 6.61 Å². The first kappa shape index (κ1) is 9.77. The number of benzene rings is 1.